The Morgan fingerprint density at radius 2 is 2.00 bits per heavy atom. The summed E-state index contributed by atoms with van der Waals surface area (Å²) in [5.74, 6) is 0.605. The van der Waals surface area contributed by atoms with Gasteiger partial charge in [-0.1, -0.05) is 42.0 Å². The maximum absolute atomic E-state index is 12.5. The van der Waals surface area contributed by atoms with Gasteiger partial charge in [0, 0.05) is 38.6 Å². The molecule has 0 N–H and O–H groups in total. The van der Waals surface area contributed by atoms with E-state index >= 15 is 0 Å². The Labute approximate surface area is 133 Å². The lowest BCUT2D eigenvalue weighted by atomic mass is 9.93. The number of carbonyl (C=O) groups is 1. The Balaban J connectivity index is 1.49. The van der Waals surface area contributed by atoms with Crippen molar-refractivity contribution in [3.63, 3.8) is 0 Å². The van der Waals surface area contributed by atoms with Crippen LogP contribution in [0.25, 0.3) is 0 Å². The van der Waals surface area contributed by atoms with E-state index < -0.39 is 0 Å². The summed E-state index contributed by atoms with van der Waals surface area (Å²) in [6.07, 6.45) is 7.38. The number of benzene rings is 1. The number of carbonyl (C=O) groups excluding carboxylic acids is 1. The molecule has 118 valence electrons. The first kappa shape index (κ1) is 15.3. The summed E-state index contributed by atoms with van der Waals surface area (Å²) in [6.45, 7) is 6.87. The van der Waals surface area contributed by atoms with Crippen LogP contribution in [0.4, 0.5) is 0 Å². The van der Waals surface area contributed by atoms with Crippen molar-refractivity contribution in [1.29, 1.82) is 0 Å². The van der Waals surface area contributed by atoms with Crippen LogP contribution in [-0.4, -0.2) is 41.9 Å². The molecular formula is C19H26N2O. The van der Waals surface area contributed by atoms with E-state index in [2.05, 4.69) is 53.1 Å². The largest absolute Gasteiger partial charge is 0.340 e. The number of hydrogen-bond donors (Lipinski definition) is 0. The van der Waals surface area contributed by atoms with E-state index in [1.54, 1.807) is 0 Å². The van der Waals surface area contributed by atoms with Crippen molar-refractivity contribution >= 4 is 5.91 Å². The maximum atomic E-state index is 12.5. The molecule has 0 saturated carbocycles. The molecular weight excluding hydrogens is 272 g/mol. The zero-order valence-corrected chi connectivity index (χ0v) is 13.5. The SMILES string of the molecule is Cc1cccc(CN2CCN(C(=O)C3CC=CCC3)CC2)c1. The number of nitrogens with zero attached hydrogens (tertiary/aromatic N) is 2. The van der Waals surface area contributed by atoms with Crippen molar-refractivity contribution in [3.05, 3.63) is 47.5 Å². The number of hydrogen-bond acceptors (Lipinski definition) is 2. The molecule has 1 fully saturated rings. The molecule has 3 nitrogen and oxygen atoms in total. The lowest BCUT2D eigenvalue weighted by Gasteiger charge is -2.36. The summed E-state index contributed by atoms with van der Waals surface area (Å²) < 4.78 is 0. The zero-order valence-electron chi connectivity index (χ0n) is 13.5. The fourth-order valence-electron chi connectivity index (χ4n) is 3.47. The average Bonchev–Trinajstić information content (AvgIpc) is 2.56. The van der Waals surface area contributed by atoms with Crippen molar-refractivity contribution in [2.24, 2.45) is 5.92 Å². The first-order chi connectivity index (χ1) is 10.7. The molecule has 1 amide bonds. The van der Waals surface area contributed by atoms with E-state index in [1.807, 2.05) is 0 Å². The van der Waals surface area contributed by atoms with E-state index in [9.17, 15) is 4.79 Å². The number of amides is 1. The minimum atomic E-state index is 0.230. The van der Waals surface area contributed by atoms with Gasteiger partial charge in [0.1, 0.15) is 0 Å². The standard InChI is InChI=1S/C19H26N2O/c1-16-6-5-7-17(14-16)15-20-10-12-21(13-11-20)19(22)18-8-3-2-4-9-18/h2-3,5-7,14,18H,4,8-13,15H2,1H3. The Morgan fingerprint density at radius 1 is 1.18 bits per heavy atom. The monoisotopic (exact) mass is 298 g/mol. The molecule has 1 aliphatic heterocycles. The van der Waals surface area contributed by atoms with E-state index in [-0.39, 0.29) is 5.92 Å². The highest BCUT2D eigenvalue weighted by Gasteiger charge is 2.27. The van der Waals surface area contributed by atoms with Gasteiger partial charge in [-0.25, -0.2) is 0 Å². The fourth-order valence-corrected chi connectivity index (χ4v) is 3.47. The summed E-state index contributed by atoms with van der Waals surface area (Å²) in [4.78, 5) is 17.1. The normalized spacial score (nSPS) is 22.8. The van der Waals surface area contributed by atoms with Gasteiger partial charge < -0.3 is 4.90 Å². The topological polar surface area (TPSA) is 23.6 Å². The van der Waals surface area contributed by atoms with Crippen LogP contribution in [0.5, 0.6) is 0 Å². The number of aryl methyl sites for hydroxylation is 1. The maximum Gasteiger partial charge on any atom is 0.226 e. The van der Waals surface area contributed by atoms with Crippen LogP contribution in [0.15, 0.2) is 36.4 Å². The number of rotatable bonds is 3. The van der Waals surface area contributed by atoms with Crippen molar-refractivity contribution in [2.45, 2.75) is 32.7 Å². The third-order valence-electron chi connectivity index (χ3n) is 4.79. The fraction of sp³-hybridized carbons (Fsp3) is 0.526. The third-order valence-corrected chi connectivity index (χ3v) is 4.79. The van der Waals surface area contributed by atoms with E-state index in [0.29, 0.717) is 5.91 Å². The second-order valence-electron chi connectivity index (χ2n) is 6.57. The zero-order chi connectivity index (χ0) is 15.4. The van der Waals surface area contributed by atoms with Gasteiger partial charge in [0.05, 0.1) is 0 Å². The van der Waals surface area contributed by atoms with Gasteiger partial charge in [-0.05, 0) is 31.7 Å². The smallest absolute Gasteiger partial charge is 0.226 e. The molecule has 1 aliphatic carbocycles. The van der Waals surface area contributed by atoms with Crippen LogP contribution in [-0.2, 0) is 11.3 Å². The molecule has 22 heavy (non-hydrogen) atoms. The average molecular weight is 298 g/mol. The Hall–Kier alpha value is -1.61. The van der Waals surface area contributed by atoms with Crippen molar-refractivity contribution < 1.29 is 4.79 Å². The van der Waals surface area contributed by atoms with Crippen LogP contribution in [0.3, 0.4) is 0 Å². The summed E-state index contributed by atoms with van der Waals surface area (Å²) >= 11 is 0. The molecule has 1 heterocycles. The number of piperazine rings is 1. The Morgan fingerprint density at radius 3 is 2.68 bits per heavy atom. The van der Waals surface area contributed by atoms with Crippen LogP contribution < -0.4 is 0 Å². The summed E-state index contributed by atoms with van der Waals surface area (Å²) in [5.41, 5.74) is 2.69. The van der Waals surface area contributed by atoms with Crippen LogP contribution in [0.1, 0.15) is 30.4 Å². The summed E-state index contributed by atoms with van der Waals surface area (Å²) in [6, 6.07) is 8.71. The first-order valence-electron chi connectivity index (χ1n) is 8.44. The molecule has 0 aromatic heterocycles. The minimum absolute atomic E-state index is 0.230. The van der Waals surface area contributed by atoms with Crippen molar-refractivity contribution in [2.75, 3.05) is 26.2 Å². The molecule has 3 rings (SSSR count). The minimum Gasteiger partial charge on any atom is -0.340 e. The van der Waals surface area contributed by atoms with Crippen LogP contribution in [0, 0.1) is 12.8 Å². The molecule has 1 aromatic rings. The van der Waals surface area contributed by atoms with E-state index in [1.165, 1.54) is 11.1 Å². The molecule has 3 heteroatoms. The number of allylic oxidation sites excluding steroid dienone is 2. The van der Waals surface area contributed by atoms with E-state index in [0.717, 1.165) is 52.0 Å². The Kier molecular flexibility index (Phi) is 4.94. The molecule has 1 saturated heterocycles. The van der Waals surface area contributed by atoms with Gasteiger partial charge in [-0.15, -0.1) is 0 Å². The Bertz CT molecular complexity index is 544. The van der Waals surface area contributed by atoms with Gasteiger partial charge in [0.2, 0.25) is 5.91 Å². The van der Waals surface area contributed by atoms with Gasteiger partial charge >= 0.3 is 0 Å². The van der Waals surface area contributed by atoms with Gasteiger partial charge in [0.15, 0.2) is 0 Å². The predicted octanol–water partition coefficient (Wildman–Crippen LogP) is 3.00. The molecule has 0 bridgehead atoms. The van der Waals surface area contributed by atoms with Crippen LogP contribution >= 0.6 is 0 Å². The molecule has 1 unspecified atom stereocenters. The molecule has 0 spiro atoms. The molecule has 0 radical (unpaired) electrons. The van der Waals surface area contributed by atoms with Crippen molar-refractivity contribution in [1.82, 2.24) is 9.80 Å². The molecule has 2 aliphatic rings. The van der Waals surface area contributed by atoms with Crippen LogP contribution in [0.2, 0.25) is 0 Å². The molecule has 1 atom stereocenters. The second-order valence-corrected chi connectivity index (χ2v) is 6.57. The highest BCUT2D eigenvalue weighted by molar-refractivity contribution is 5.79. The quantitative estimate of drug-likeness (QED) is 0.801. The summed E-state index contributed by atoms with van der Waals surface area (Å²) in [5, 5.41) is 0. The first-order valence-corrected chi connectivity index (χ1v) is 8.44. The molecule has 1 aromatic carbocycles. The highest BCUT2D eigenvalue weighted by atomic mass is 16.2. The van der Waals surface area contributed by atoms with Gasteiger partial charge in [-0.3, -0.25) is 9.69 Å². The lowest BCUT2D eigenvalue weighted by molar-refractivity contribution is -0.137. The van der Waals surface area contributed by atoms with E-state index in [4.69, 9.17) is 0 Å². The highest BCUT2D eigenvalue weighted by Crippen LogP contribution is 2.21. The van der Waals surface area contributed by atoms with Gasteiger partial charge in [-0.2, -0.15) is 0 Å². The predicted molar refractivity (Wildman–Crippen MR) is 89.5 cm³/mol. The third kappa shape index (κ3) is 3.77. The summed E-state index contributed by atoms with van der Waals surface area (Å²) in [7, 11) is 0. The second kappa shape index (κ2) is 7.10. The van der Waals surface area contributed by atoms with Crippen molar-refractivity contribution in [3.8, 4) is 0 Å². The lowest BCUT2D eigenvalue weighted by Crippen LogP contribution is -2.50. The van der Waals surface area contributed by atoms with Gasteiger partial charge in [0.25, 0.3) is 0 Å².